The molecule has 1 fully saturated rings. The van der Waals surface area contributed by atoms with Gasteiger partial charge in [0, 0.05) is 16.3 Å². The van der Waals surface area contributed by atoms with E-state index >= 15 is 0 Å². The number of rotatable bonds is 6. The van der Waals surface area contributed by atoms with Crippen LogP contribution in [0.25, 0.3) is 6.08 Å². The van der Waals surface area contributed by atoms with E-state index in [2.05, 4.69) is 10.6 Å². The number of barbiturate groups is 1. The van der Waals surface area contributed by atoms with Crippen molar-refractivity contribution in [1.82, 2.24) is 5.32 Å². The highest BCUT2D eigenvalue weighted by atomic mass is 35.5. The molecule has 1 saturated heterocycles. The van der Waals surface area contributed by atoms with E-state index in [9.17, 15) is 23.6 Å². The molecule has 3 aromatic rings. The lowest BCUT2D eigenvalue weighted by Crippen LogP contribution is -2.54. The number of hydrogen-bond donors (Lipinski definition) is 2. The lowest BCUT2D eigenvalue weighted by molar-refractivity contribution is -0.122. The Labute approximate surface area is 203 Å². The smallest absolute Gasteiger partial charge is 0.335 e. The summed E-state index contributed by atoms with van der Waals surface area (Å²) < 4.78 is 18.6. The molecule has 35 heavy (non-hydrogen) atoms. The van der Waals surface area contributed by atoms with Crippen LogP contribution in [0.3, 0.4) is 0 Å². The molecule has 10 heteroatoms. The molecule has 3 aromatic carbocycles. The molecule has 0 aliphatic carbocycles. The van der Waals surface area contributed by atoms with Crippen molar-refractivity contribution in [3.05, 3.63) is 94.8 Å². The number of para-hydroxylation sites is 1. The molecule has 0 radical (unpaired) electrons. The normalized spacial score (nSPS) is 14.6. The van der Waals surface area contributed by atoms with Crippen molar-refractivity contribution >= 4 is 52.8 Å². The quantitative estimate of drug-likeness (QED) is 0.396. The molecule has 0 bridgehead atoms. The standard InChI is InChI=1S/C25H17ClFN3O5/c26-16-6-11-21(35-14-22(31)28-18-9-7-17(27)8-10-18)15(12-16)13-20-23(32)29-25(34)30(24(20)33)19-4-2-1-3-5-19/h1-13H,14H2,(H,28,31)(H,29,32,34). The van der Waals surface area contributed by atoms with Crippen molar-refractivity contribution in [2.24, 2.45) is 0 Å². The first-order chi connectivity index (χ1) is 16.8. The zero-order valence-electron chi connectivity index (χ0n) is 18.0. The SMILES string of the molecule is O=C(COc1ccc(Cl)cc1C=C1C(=O)NC(=O)N(c2ccccc2)C1=O)Nc1ccc(F)cc1. The van der Waals surface area contributed by atoms with Gasteiger partial charge in [0.1, 0.15) is 17.1 Å². The van der Waals surface area contributed by atoms with Crippen LogP contribution in [0.1, 0.15) is 5.56 Å². The highest BCUT2D eigenvalue weighted by Crippen LogP contribution is 2.28. The maximum absolute atomic E-state index is 13.1. The van der Waals surface area contributed by atoms with E-state index < -0.39 is 36.2 Å². The van der Waals surface area contributed by atoms with E-state index in [1.807, 2.05) is 0 Å². The third-order valence-corrected chi connectivity index (χ3v) is 5.11. The second-order valence-corrected chi connectivity index (χ2v) is 7.76. The van der Waals surface area contributed by atoms with E-state index in [1.54, 1.807) is 30.3 Å². The van der Waals surface area contributed by atoms with Gasteiger partial charge in [-0.05, 0) is 60.7 Å². The number of carbonyl (C=O) groups excluding carboxylic acids is 4. The van der Waals surface area contributed by atoms with Gasteiger partial charge in [0.15, 0.2) is 6.61 Å². The van der Waals surface area contributed by atoms with E-state index in [0.717, 1.165) is 4.90 Å². The summed E-state index contributed by atoms with van der Waals surface area (Å²) in [6.07, 6.45) is 1.24. The lowest BCUT2D eigenvalue weighted by Gasteiger charge is -2.26. The van der Waals surface area contributed by atoms with Crippen LogP contribution in [0, 0.1) is 5.82 Å². The van der Waals surface area contributed by atoms with Gasteiger partial charge in [-0.15, -0.1) is 0 Å². The molecule has 1 aliphatic heterocycles. The number of amides is 5. The number of nitrogens with one attached hydrogen (secondary N) is 2. The van der Waals surface area contributed by atoms with Gasteiger partial charge in [-0.25, -0.2) is 14.1 Å². The zero-order valence-corrected chi connectivity index (χ0v) is 18.7. The first-order valence-corrected chi connectivity index (χ1v) is 10.6. The van der Waals surface area contributed by atoms with Crippen LogP contribution in [-0.4, -0.2) is 30.4 Å². The number of ether oxygens (including phenoxy) is 1. The predicted molar refractivity (Wildman–Crippen MR) is 127 cm³/mol. The Hall–Kier alpha value is -4.50. The van der Waals surface area contributed by atoms with Crippen LogP contribution in [-0.2, 0) is 14.4 Å². The summed E-state index contributed by atoms with van der Waals surface area (Å²) in [5.74, 6) is -2.50. The zero-order chi connectivity index (χ0) is 24.9. The fraction of sp³-hybridized carbons (Fsp3) is 0.0400. The van der Waals surface area contributed by atoms with Crippen molar-refractivity contribution < 1.29 is 28.3 Å². The molecule has 0 spiro atoms. The molecule has 0 aromatic heterocycles. The predicted octanol–water partition coefficient (Wildman–Crippen LogP) is 4.16. The highest BCUT2D eigenvalue weighted by molar-refractivity contribution is 6.39. The third kappa shape index (κ3) is 5.53. The number of halogens is 2. The molecule has 8 nitrogen and oxygen atoms in total. The van der Waals surface area contributed by atoms with Gasteiger partial charge in [-0.3, -0.25) is 19.7 Å². The van der Waals surface area contributed by atoms with Gasteiger partial charge >= 0.3 is 6.03 Å². The number of carbonyl (C=O) groups is 4. The number of benzene rings is 3. The van der Waals surface area contributed by atoms with Crippen LogP contribution in [0.5, 0.6) is 5.75 Å². The molecule has 5 amide bonds. The van der Waals surface area contributed by atoms with Gasteiger partial charge in [0.25, 0.3) is 17.7 Å². The summed E-state index contributed by atoms with van der Waals surface area (Å²) in [5.41, 5.74) is 0.589. The first-order valence-electron chi connectivity index (χ1n) is 10.3. The second-order valence-electron chi connectivity index (χ2n) is 7.32. The fourth-order valence-corrected chi connectivity index (χ4v) is 3.44. The van der Waals surface area contributed by atoms with Crippen LogP contribution in [0.4, 0.5) is 20.6 Å². The minimum atomic E-state index is -0.882. The minimum absolute atomic E-state index is 0.167. The minimum Gasteiger partial charge on any atom is -0.483 e. The Bertz CT molecular complexity index is 1340. The molecule has 176 valence electrons. The molecular formula is C25H17ClFN3O5. The second kappa shape index (κ2) is 10.2. The van der Waals surface area contributed by atoms with Crippen LogP contribution in [0.2, 0.25) is 5.02 Å². The Morgan fingerprint density at radius 1 is 1.03 bits per heavy atom. The molecule has 0 unspecified atom stereocenters. The average Bonchev–Trinajstić information content (AvgIpc) is 2.83. The average molecular weight is 494 g/mol. The third-order valence-electron chi connectivity index (χ3n) is 4.87. The number of nitrogens with zero attached hydrogens (tertiary/aromatic N) is 1. The summed E-state index contributed by atoms with van der Waals surface area (Å²) in [6.45, 7) is -0.413. The van der Waals surface area contributed by atoms with E-state index in [1.165, 1.54) is 48.5 Å². The van der Waals surface area contributed by atoms with Gasteiger partial charge in [0.05, 0.1) is 5.69 Å². The maximum atomic E-state index is 13.1. The summed E-state index contributed by atoms with van der Waals surface area (Å²) in [6, 6.07) is 16.9. The monoisotopic (exact) mass is 493 g/mol. The maximum Gasteiger partial charge on any atom is 0.335 e. The topological polar surface area (TPSA) is 105 Å². The summed E-state index contributed by atoms with van der Waals surface area (Å²) in [5, 5.41) is 4.99. The van der Waals surface area contributed by atoms with Gasteiger partial charge in [0.2, 0.25) is 0 Å². The van der Waals surface area contributed by atoms with E-state index in [-0.39, 0.29) is 22.6 Å². The summed E-state index contributed by atoms with van der Waals surface area (Å²) in [4.78, 5) is 50.9. The lowest BCUT2D eigenvalue weighted by atomic mass is 10.1. The van der Waals surface area contributed by atoms with E-state index in [4.69, 9.17) is 16.3 Å². The number of imide groups is 2. The Balaban J connectivity index is 1.57. The molecule has 4 rings (SSSR count). The fourth-order valence-electron chi connectivity index (χ4n) is 3.26. The van der Waals surface area contributed by atoms with Crippen molar-refractivity contribution in [2.45, 2.75) is 0 Å². The van der Waals surface area contributed by atoms with Crippen LogP contribution < -0.4 is 20.3 Å². The van der Waals surface area contributed by atoms with Crippen LogP contribution >= 0.6 is 11.6 Å². The Morgan fingerprint density at radius 2 is 1.74 bits per heavy atom. The van der Waals surface area contributed by atoms with Crippen LogP contribution in [0.15, 0.2) is 78.4 Å². The molecule has 0 saturated carbocycles. The highest BCUT2D eigenvalue weighted by Gasteiger charge is 2.36. The molecule has 2 N–H and O–H groups in total. The van der Waals surface area contributed by atoms with Crippen molar-refractivity contribution in [3.63, 3.8) is 0 Å². The van der Waals surface area contributed by atoms with Gasteiger partial charge in [-0.2, -0.15) is 0 Å². The number of anilines is 2. The van der Waals surface area contributed by atoms with E-state index in [0.29, 0.717) is 10.7 Å². The van der Waals surface area contributed by atoms with Crippen molar-refractivity contribution in [3.8, 4) is 5.75 Å². The Kier molecular flexibility index (Phi) is 6.88. The largest absolute Gasteiger partial charge is 0.483 e. The van der Waals surface area contributed by atoms with Crippen molar-refractivity contribution in [2.75, 3.05) is 16.8 Å². The summed E-state index contributed by atoms with van der Waals surface area (Å²) in [7, 11) is 0. The summed E-state index contributed by atoms with van der Waals surface area (Å²) >= 11 is 6.09. The van der Waals surface area contributed by atoms with Gasteiger partial charge in [-0.1, -0.05) is 29.8 Å². The molecule has 0 atom stereocenters. The molecule has 1 heterocycles. The Morgan fingerprint density at radius 3 is 2.46 bits per heavy atom. The molecule has 1 aliphatic rings. The van der Waals surface area contributed by atoms with Crippen molar-refractivity contribution in [1.29, 1.82) is 0 Å². The number of hydrogen-bond acceptors (Lipinski definition) is 5. The molecular weight excluding hydrogens is 477 g/mol. The van der Waals surface area contributed by atoms with Gasteiger partial charge < -0.3 is 10.1 Å². The number of urea groups is 1. The first kappa shape index (κ1) is 23.7.